The maximum absolute atomic E-state index is 6.19. The quantitative estimate of drug-likeness (QED) is 0.664. The minimum Gasteiger partial charge on any atom is -0.399 e. The Morgan fingerprint density at radius 1 is 1.00 bits per heavy atom. The van der Waals surface area contributed by atoms with Crippen molar-refractivity contribution < 1.29 is 0 Å². The van der Waals surface area contributed by atoms with E-state index in [4.69, 9.17) is 28.9 Å². The zero-order valence-electron chi connectivity index (χ0n) is 10.4. The molecule has 3 N–H and O–H groups in total. The number of nitrogens with zero attached hydrogens (tertiary/aromatic N) is 1. The third kappa shape index (κ3) is 2.38. The largest absolute Gasteiger partial charge is 0.399 e. The van der Waals surface area contributed by atoms with Crippen molar-refractivity contribution in [3.05, 3.63) is 58.7 Å². The van der Waals surface area contributed by atoms with Gasteiger partial charge in [0.25, 0.3) is 0 Å². The highest BCUT2D eigenvalue weighted by atomic mass is 35.5. The Morgan fingerprint density at radius 3 is 2.50 bits per heavy atom. The normalized spacial score (nSPS) is 10.7. The summed E-state index contributed by atoms with van der Waals surface area (Å²) in [5.74, 6) is 0. The standard InChI is InChI=1S/C15H11Cl2N3/c16-11-7-9(18)8-12(17)15(11)20-14-5-1-4-13-10(14)3-2-6-19-13/h1-8,20H,18H2. The van der Waals surface area contributed by atoms with Gasteiger partial charge in [0.05, 0.1) is 21.2 Å². The van der Waals surface area contributed by atoms with Crippen LogP contribution in [0, 0.1) is 0 Å². The third-order valence-electron chi connectivity index (χ3n) is 2.97. The Labute approximate surface area is 126 Å². The van der Waals surface area contributed by atoms with Crippen LogP contribution in [0.2, 0.25) is 10.0 Å². The monoisotopic (exact) mass is 303 g/mol. The van der Waals surface area contributed by atoms with Crippen LogP contribution in [0.5, 0.6) is 0 Å². The van der Waals surface area contributed by atoms with Crippen LogP contribution in [-0.2, 0) is 0 Å². The number of nitrogens with one attached hydrogen (secondary N) is 1. The van der Waals surface area contributed by atoms with E-state index in [9.17, 15) is 0 Å². The second-order valence-corrected chi connectivity index (χ2v) is 5.17. The summed E-state index contributed by atoms with van der Waals surface area (Å²) in [6.45, 7) is 0. The summed E-state index contributed by atoms with van der Waals surface area (Å²) in [5, 5.41) is 5.21. The number of rotatable bonds is 2. The minimum atomic E-state index is 0.482. The molecule has 20 heavy (non-hydrogen) atoms. The molecular weight excluding hydrogens is 293 g/mol. The van der Waals surface area contributed by atoms with Crippen LogP contribution in [-0.4, -0.2) is 4.98 Å². The van der Waals surface area contributed by atoms with E-state index in [0.717, 1.165) is 16.6 Å². The number of nitrogens with two attached hydrogens (primary N) is 1. The smallest absolute Gasteiger partial charge is 0.0764 e. The maximum atomic E-state index is 6.19. The zero-order valence-corrected chi connectivity index (χ0v) is 11.9. The molecule has 3 nitrogen and oxygen atoms in total. The zero-order chi connectivity index (χ0) is 14.1. The number of aromatic nitrogens is 1. The van der Waals surface area contributed by atoms with Crippen LogP contribution in [0.1, 0.15) is 0 Å². The summed E-state index contributed by atoms with van der Waals surface area (Å²) in [6, 6.07) is 13.0. The summed E-state index contributed by atoms with van der Waals surface area (Å²) >= 11 is 12.4. The average Bonchev–Trinajstić information content (AvgIpc) is 2.43. The van der Waals surface area contributed by atoms with Gasteiger partial charge < -0.3 is 11.1 Å². The van der Waals surface area contributed by atoms with Crippen LogP contribution in [0.3, 0.4) is 0 Å². The molecule has 0 aliphatic heterocycles. The molecule has 100 valence electrons. The Balaban J connectivity index is 2.10. The van der Waals surface area contributed by atoms with Crippen molar-refractivity contribution in [2.45, 2.75) is 0 Å². The number of halogens is 2. The molecule has 0 spiro atoms. The predicted molar refractivity (Wildman–Crippen MR) is 85.9 cm³/mol. The number of hydrogen-bond acceptors (Lipinski definition) is 3. The first-order chi connectivity index (χ1) is 9.65. The van der Waals surface area contributed by atoms with Gasteiger partial charge in [-0.2, -0.15) is 0 Å². The minimum absolute atomic E-state index is 0.482. The average molecular weight is 304 g/mol. The Kier molecular flexibility index (Phi) is 3.38. The van der Waals surface area contributed by atoms with E-state index < -0.39 is 0 Å². The fraction of sp³-hybridized carbons (Fsp3) is 0. The lowest BCUT2D eigenvalue weighted by atomic mass is 10.1. The molecule has 0 radical (unpaired) electrons. The highest BCUT2D eigenvalue weighted by Crippen LogP contribution is 2.36. The third-order valence-corrected chi connectivity index (χ3v) is 3.57. The molecule has 3 rings (SSSR count). The van der Waals surface area contributed by atoms with Crippen LogP contribution >= 0.6 is 23.2 Å². The van der Waals surface area contributed by atoms with Crippen molar-refractivity contribution in [1.29, 1.82) is 0 Å². The first-order valence-electron chi connectivity index (χ1n) is 6.00. The molecule has 2 aromatic carbocycles. The van der Waals surface area contributed by atoms with Crippen molar-refractivity contribution in [3.8, 4) is 0 Å². The van der Waals surface area contributed by atoms with Crippen molar-refractivity contribution in [2.75, 3.05) is 11.1 Å². The summed E-state index contributed by atoms with van der Waals surface area (Å²) in [6.07, 6.45) is 1.76. The Bertz CT molecular complexity index is 759. The van der Waals surface area contributed by atoms with Crippen LogP contribution in [0.4, 0.5) is 17.1 Å². The molecule has 0 bridgehead atoms. The van der Waals surface area contributed by atoms with Gasteiger partial charge in [0.15, 0.2) is 0 Å². The topological polar surface area (TPSA) is 50.9 Å². The number of fused-ring (bicyclic) bond motifs is 1. The van der Waals surface area contributed by atoms with E-state index >= 15 is 0 Å². The summed E-state index contributed by atoms with van der Waals surface area (Å²) in [5.41, 5.74) is 8.67. The van der Waals surface area contributed by atoms with E-state index in [1.54, 1.807) is 18.3 Å². The molecule has 1 aromatic heterocycles. The van der Waals surface area contributed by atoms with Gasteiger partial charge in [-0.1, -0.05) is 29.3 Å². The first-order valence-corrected chi connectivity index (χ1v) is 6.76. The molecule has 0 saturated carbocycles. The van der Waals surface area contributed by atoms with Gasteiger partial charge in [-0.25, -0.2) is 0 Å². The van der Waals surface area contributed by atoms with Crippen molar-refractivity contribution in [2.24, 2.45) is 0 Å². The van der Waals surface area contributed by atoms with Gasteiger partial charge in [-0.15, -0.1) is 0 Å². The molecule has 3 aromatic rings. The van der Waals surface area contributed by atoms with E-state index in [1.807, 2.05) is 30.3 Å². The van der Waals surface area contributed by atoms with Crippen molar-refractivity contribution >= 4 is 51.2 Å². The van der Waals surface area contributed by atoms with Gasteiger partial charge in [0, 0.05) is 23.0 Å². The summed E-state index contributed by atoms with van der Waals surface area (Å²) in [4.78, 5) is 4.32. The van der Waals surface area contributed by atoms with E-state index in [0.29, 0.717) is 21.4 Å². The van der Waals surface area contributed by atoms with Crippen LogP contribution in [0.25, 0.3) is 10.9 Å². The molecule has 0 aliphatic rings. The molecule has 0 saturated heterocycles. The molecule has 1 heterocycles. The predicted octanol–water partition coefficient (Wildman–Crippen LogP) is 4.87. The van der Waals surface area contributed by atoms with E-state index in [-0.39, 0.29) is 0 Å². The number of hydrogen-bond donors (Lipinski definition) is 2. The molecule has 0 unspecified atom stereocenters. The maximum Gasteiger partial charge on any atom is 0.0764 e. The van der Waals surface area contributed by atoms with Crippen LogP contribution in [0.15, 0.2) is 48.7 Å². The molecular formula is C15H11Cl2N3. The SMILES string of the molecule is Nc1cc(Cl)c(Nc2cccc3ncccc23)c(Cl)c1. The Morgan fingerprint density at radius 2 is 1.75 bits per heavy atom. The Hall–Kier alpha value is -1.97. The molecule has 0 atom stereocenters. The van der Waals surface area contributed by atoms with Gasteiger partial charge in [0.1, 0.15) is 0 Å². The van der Waals surface area contributed by atoms with Crippen molar-refractivity contribution in [1.82, 2.24) is 4.98 Å². The first kappa shape index (κ1) is 13.0. The van der Waals surface area contributed by atoms with Gasteiger partial charge in [-0.3, -0.25) is 4.98 Å². The van der Waals surface area contributed by atoms with Crippen LogP contribution < -0.4 is 11.1 Å². The van der Waals surface area contributed by atoms with Gasteiger partial charge in [-0.05, 0) is 36.4 Å². The fourth-order valence-corrected chi connectivity index (χ4v) is 2.66. The number of anilines is 3. The van der Waals surface area contributed by atoms with E-state index in [2.05, 4.69) is 10.3 Å². The molecule has 0 fully saturated rings. The number of benzene rings is 2. The lowest BCUT2D eigenvalue weighted by Crippen LogP contribution is -1.95. The number of nitrogen functional groups attached to an aromatic ring is 1. The summed E-state index contributed by atoms with van der Waals surface area (Å²) < 4.78 is 0. The number of pyridine rings is 1. The highest BCUT2D eigenvalue weighted by Gasteiger charge is 2.09. The van der Waals surface area contributed by atoms with E-state index in [1.165, 1.54) is 0 Å². The second kappa shape index (κ2) is 5.19. The lowest BCUT2D eigenvalue weighted by molar-refractivity contribution is 1.41. The van der Waals surface area contributed by atoms with Gasteiger partial charge in [0.2, 0.25) is 0 Å². The molecule has 5 heteroatoms. The fourth-order valence-electron chi connectivity index (χ4n) is 2.06. The molecule has 0 aliphatic carbocycles. The second-order valence-electron chi connectivity index (χ2n) is 4.36. The lowest BCUT2D eigenvalue weighted by Gasteiger charge is -2.13. The highest BCUT2D eigenvalue weighted by molar-refractivity contribution is 6.39. The van der Waals surface area contributed by atoms with Crippen molar-refractivity contribution in [3.63, 3.8) is 0 Å². The summed E-state index contributed by atoms with van der Waals surface area (Å²) in [7, 11) is 0. The molecule has 0 amide bonds. The van der Waals surface area contributed by atoms with Gasteiger partial charge >= 0.3 is 0 Å².